The lowest BCUT2D eigenvalue weighted by Gasteiger charge is -2.28. The molecule has 0 saturated heterocycles. The van der Waals surface area contributed by atoms with Crippen LogP contribution in [-0.2, 0) is 25.9 Å². The fraction of sp³-hybridized carbons (Fsp3) is 0.333. The first-order chi connectivity index (χ1) is 21.6. The molecule has 0 spiro atoms. The minimum atomic E-state index is 0.742. The average molecular weight is 627 g/mol. The average Bonchev–Trinajstić information content (AvgIpc) is 3.05. The predicted octanol–water partition coefficient (Wildman–Crippen LogP) is 5.96. The van der Waals surface area contributed by atoms with Crippen molar-refractivity contribution in [2.24, 2.45) is 0 Å². The molecule has 0 aliphatic carbocycles. The van der Waals surface area contributed by atoms with Crippen molar-refractivity contribution >= 4 is 45.1 Å². The van der Waals surface area contributed by atoms with Gasteiger partial charge < -0.3 is 19.3 Å². The molecule has 44 heavy (non-hydrogen) atoms. The van der Waals surface area contributed by atoms with E-state index in [1.165, 1.54) is 22.4 Å². The van der Waals surface area contributed by atoms with Crippen molar-refractivity contribution in [1.82, 2.24) is 0 Å². The lowest BCUT2D eigenvalue weighted by molar-refractivity contribution is -0.692. The van der Waals surface area contributed by atoms with Gasteiger partial charge in [0.1, 0.15) is 24.7 Å². The molecule has 0 unspecified atom stereocenters. The smallest absolute Gasteiger partial charge is 0.169 e. The summed E-state index contributed by atoms with van der Waals surface area (Å²) in [6.07, 6.45) is 15.2. The second kappa shape index (κ2) is 14.9. The van der Waals surface area contributed by atoms with Crippen LogP contribution < -0.4 is 28.4 Å². The summed E-state index contributed by atoms with van der Waals surface area (Å²) in [6.45, 7) is 5.42. The second-order valence-corrected chi connectivity index (χ2v) is 14.1. The van der Waals surface area contributed by atoms with Gasteiger partial charge in [0.05, 0.1) is 36.0 Å². The standard InChI is InChI=1S/C36H42N4O2S2/c1-37-19-23-41-35-27-31(7-9-33(35)37)5-3-29-11-15-39(16-12-29)21-25-43-44-26-22-40-17-13-30(14-18-40)4-6-32-8-10-34-36(28-32)42-24-20-38(34)2/h3,5,7-18,27-28H,4,6,19-26H2,1-2H3/q+2. The Balaban J connectivity index is 0.869. The molecule has 4 aromatic rings. The molecule has 4 heterocycles. The number of ether oxygens (including phenoxy) is 2. The Kier molecular flexibility index (Phi) is 10.3. The van der Waals surface area contributed by atoms with E-state index in [0.717, 1.165) is 86.5 Å². The monoisotopic (exact) mass is 626 g/mol. The van der Waals surface area contributed by atoms with Crippen molar-refractivity contribution in [3.05, 3.63) is 108 Å². The summed E-state index contributed by atoms with van der Waals surface area (Å²) in [6, 6.07) is 21.9. The number of fused-ring (bicyclic) bond motifs is 2. The highest BCUT2D eigenvalue weighted by Crippen LogP contribution is 2.33. The summed E-state index contributed by atoms with van der Waals surface area (Å²) in [7, 11) is 8.14. The van der Waals surface area contributed by atoms with Crippen molar-refractivity contribution in [3.8, 4) is 11.5 Å². The van der Waals surface area contributed by atoms with Gasteiger partial charge in [0.25, 0.3) is 0 Å². The van der Waals surface area contributed by atoms with Gasteiger partial charge in [0.2, 0.25) is 0 Å². The van der Waals surface area contributed by atoms with E-state index in [1.807, 2.05) is 21.6 Å². The van der Waals surface area contributed by atoms with Gasteiger partial charge in [-0.2, -0.15) is 0 Å². The fourth-order valence-corrected chi connectivity index (χ4v) is 7.41. The Labute approximate surface area is 269 Å². The minimum absolute atomic E-state index is 0.742. The number of likely N-dealkylation sites (N-methyl/N-ethyl adjacent to an activating group) is 2. The van der Waals surface area contributed by atoms with Gasteiger partial charge in [-0.1, -0.05) is 45.9 Å². The maximum Gasteiger partial charge on any atom is 0.169 e. The van der Waals surface area contributed by atoms with E-state index >= 15 is 0 Å². The summed E-state index contributed by atoms with van der Waals surface area (Å²) in [5, 5.41) is 0. The molecule has 0 bridgehead atoms. The molecule has 6 nitrogen and oxygen atoms in total. The van der Waals surface area contributed by atoms with Gasteiger partial charge in [-0.25, -0.2) is 9.13 Å². The third kappa shape index (κ3) is 8.10. The maximum absolute atomic E-state index is 5.87. The topological polar surface area (TPSA) is 32.7 Å². The number of nitrogens with zero attached hydrogens (tertiary/aromatic N) is 4. The minimum Gasteiger partial charge on any atom is -0.490 e. The number of aryl methyl sites for hydroxylation is 4. The molecule has 0 fully saturated rings. The Morgan fingerprint density at radius 1 is 0.636 bits per heavy atom. The molecule has 2 aliphatic heterocycles. The molecule has 0 N–H and O–H groups in total. The van der Waals surface area contributed by atoms with Crippen LogP contribution in [0.2, 0.25) is 0 Å². The number of pyridine rings is 2. The quantitative estimate of drug-likeness (QED) is 0.110. The molecular weight excluding hydrogens is 585 g/mol. The largest absolute Gasteiger partial charge is 0.490 e. The molecule has 228 valence electrons. The van der Waals surface area contributed by atoms with Crippen molar-refractivity contribution < 1.29 is 18.6 Å². The number of benzene rings is 2. The van der Waals surface area contributed by atoms with Crippen LogP contribution in [-0.4, -0.2) is 51.9 Å². The molecular formula is C36H42N4O2S2+2. The molecule has 6 rings (SSSR count). The Hall–Kier alpha value is -3.62. The first-order valence-electron chi connectivity index (χ1n) is 15.5. The zero-order valence-corrected chi connectivity index (χ0v) is 27.4. The van der Waals surface area contributed by atoms with Crippen molar-refractivity contribution in [2.75, 3.05) is 61.7 Å². The summed E-state index contributed by atoms with van der Waals surface area (Å²) in [5.41, 5.74) is 7.42. The molecule has 2 aromatic carbocycles. The van der Waals surface area contributed by atoms with Crippen LogP contribution in [0.5, 0.6) is 11.5 Å². The first-order valence-corrected chi connectivity index (χ1v) is 17.9. The molecule has 0 radical (unpaired) electrons. The van der Waals surface area contributed by atoms with E-state index in [2.05, 4.69) is 131 Å². The van der Waals surface area contributed by atoms with Crippen molar-refractivity contribution in [1.29, 1.82) is 0 Å². The van der Waals surface area contributed by atoms with E-state index < -0.39 is 0 Å². The van der Waals surface area contributed by atoms with Gasteiger partial charge in [-0.3, -0.25) is 0 Å². The van der Waals surface area contributed by atoms with Crippen molar-refractivity contribution in [3.63, 3.8) is 0 Å². The van der Waals surface area contributed by atoms with E-state index in [4.69, 9.17) is 9.47 Å². The molecule has 2 aliphatic rings. The Morgan fingerprint density at radius 3 is 1.84 bits per heavy atom. The lowest BCUT2D eigenvalue weighted by atomic mass is 10.0. The molecule has 0 saturated carbocycles. The van der Waals surface area contributed by atoms with Gasteiger partial charge >= 0.3 is 0 Å². The third-order valence-corrected chi connectivity index (χ3v) is 10.6. The van der Waals surface area contributed by atoms with Crippen LogP contribution in [0.25, 0.3) is 12.2 Å². The van der Waals surface area contributed by atoms with Crippen molar-refractivity contribution in [2.45, 2.75) is 25.9 Å². The van der Waals surface area contributed by atoms with Crippen LogP contribution >= 0.6 is 21.6 Å². The summed E-state index contributed by atoms with van der Waals surface area (Å²) in [5.74, 6) is 4.16. The van der Waals surface area contributed by atoms with Gasteiger partial charge in [-0.05, 0) is 59.4 Å². The zero-order chi connectivity index (χ0) is 30.1. The molecule has 0 amide bonds. The van der Waals surface area contributed by atoms with E-state index in [-0.39, 0.29) is 0 Å². The SMILES string of the molecule is CN1CCOc2cc(/C=C/c3cc[n+](CCSSCC[n+]4ccc(CCc5ccc6c(c5)OCCN6C)cc4)cc3)ccc21. The maximum atomic E-state index is 5.87. The predicted molar refractivity (Wildman–Crippen MR) is 185 cm³/mol. The summed E-state index contributed by atoms with van der Waals surface area (Å²) < 4.78 is 16.3. The number of aromatic nitrogens is 2. The molecule has 0 atom stereocenters. The van der Waals surface area contributed by atoms with Gasteiger partial charge in [-0.15, -0.1) is 0 Å². The number of rotatable bonds is 12. The van der Waals surface area contributed by atoms with Crippen LogP contribution in [0.1, 0.15) is 22.3 Å². The Bertz CT molecular complexity index is 1560. The second-order valence-electron chi connectivity index (χ2n) is 11.4. The lowest BCUT2D eigenvalue weighted by Crippen LogP contribution is -2.34. The highest BCUT2D eigenvalue weighted by Gasteiger charge is 2.16. The number of hydrogen-bond donors (Lipinski definition) is 0. The number of hydrogen-bond acceptors (Lipinski definition) is 6. The zero-order valence-electron chi connectivity index (χ0n) is 25.7. The molecule has 8 heteroatoms. The van der Waals surface area contributed by atoms with Gasteiger partial charge in [0.15, 0.2) is 37.9 Å². The number of anilines is 2. The van der Waals surface area contributed by atoms with Crippen LogP contribution in [0.4, 0.5) is 11.4 Å². The van der Waals surface area contributed by atoms with Gasteiger partial charge in [0, 0.05) is 38.4 Å². The van der Waals surface area contributed by atoms with Crippen LogP contribution in [0.15, 0.2) is 85.5 Å². The van der Waals surface area contributed by atoms with Crippen LogP contribution in [0, 0.1) is 0 Å². The summed E-state index contributed by atoms with van der Waals surface area (Å²) >= 11 is 0. The first kappa shape index (κ1) is 30.4. The molecule has 2 aromatic heterocycles. The van der Waals surface area contributed by atoms with Crippen LogP contribution in [0.3, 0.4) is 0 Å². The highest BCUT2D eigenvalue weighted by atomic mass is 33.1. The normalized spacial score (nSPS) is 14.2. The van der Waals surface area contributed by atoms with E-state index in [1.54, 1.807) is 0 Å². The summed E-state index contributed by atoms with van der Waals surface area (Å²) in [4.78, 5) is 4.50. The Morgan fingerprint density at radius 2 is 1.18 bits per heavy atom. The van der Waals surface area contributed by atoms with E-state index in [9.17, 15) is 0 Å². The third-order valence-electron chi connectivity index (χ3n) is 8.20. The fourth-order valence-electron chi connectivity index (χ4n) is 5.45. The highest BCUT2D eigenvalue weighted by molar-refractivity contribution is 8.76. The van der Waals surface area contributed by atoms with E-state index in [0.29, 0.717) is 0 Å².